The summed E-state index contributed by atoms with van der Waals surface area (Å²) in [6.07, 6.45) is 1.99. The van der Waals surface area contributed by atoms with E-state index >= 15 is 0 Å². The van der Waals surface area contributed by atoms with Crippen LogP contribution in [-0.4, -0.2) is 48.5 Å². The molecular formula is C12H25NO2. The van der Waals surface area contributed by atoms with E-state index in [1.807, 2.05) is 6.92 Å². The van der Waals surface area contributed by atoms with Crippen molar-refractivity contribution < 1.29 is 9.84 Å². The summed E-state index contributed by atoms with van der Waals surface area (Å²) in [5, 5.41) is 9.66. The first-order valence-electron chi connectivity index (χ1n) is 6.13. The highest BCUT2D eigenvalue weighted by Crippen LogP contribution is 2.23. The number of likely N-dealkylation sites (tertiary alicyclic amines) is 1. The lowest BCUT2D eigenvalue weighted by atomic mass is 10.0. The van der Waals surface area contributed by atoms with Crippen LogP contribution in [0.5, 0.6) is 0 Å². The molecule has 0 radical (unpaired) electrons. The van der Waals surface area contributed by atoms with Gasteiger partial charge >= 0.3 is 0 Å². The predicted molar refractivity (Wildman–Crippen MR) is 61.9 cm³/mol. The Morgan fingerprint density at radius 3 is 2.80 bits per heavy atom. The number of rotatable bonds is 6. The first kappa shape index (κ1) is 12.9. The van der Waals surface area contributed by atoms with Crippen molar-refractivity contribution in [2.75, 3.05) is 26.3 Å². The Labute approximate surface area is 93.4 Å². The van der Waals surface area contributed by atoms with E-state index in [0.717, 1.165) is 32.7 Å². The summed E-state index contributed by atoms with van der Waals surface area (Å²) in [6, 6.07) is 0.556. The van der Waals surface area contributed by atoms with Gasteiger partial charge < -0.3 is 9.84 Å². The summed E-state index contributed by atoms with van der Waals surface area (Å²) >= 11 is 0. The van der Waals surface area contributed by atoms with Crippen molar-refractivity contribution in [2.45, 2.75) is 45.8 Å². The number of aliphatic hydroxyl groups is 1. The normalized spacial score (nSPS) is 27.8. The smallest absolute Gasteiger partial charge is 0.0682 e. The fraction of sp³-hybridized carbons (Fsp3) is 1.00. The molecule has 0 saturated carbocycles. The molecule has 1 aliphatic heterocycles. The zero-order chi connectivity index (χ0) is 11.3. The van der Waals surface area contributed by atoms with E-state index in [1.54, 1.807) is 0 Å². The van der Waals surface area contributed by atoms with Gasteiger partial charge in [0.15, 0.2) is 0 Å². The molecule has 0 aromatic heterocycles. The third-order valence-electron chi connectivity index (χ3n) is 2.98. The van der Waals surface area contributed by atoms with E-state index in [1.165, 1.54) is 6.42 Å². The molecule has 1 heterocycles. The summed E-state index contributed by atoms with van der Waals surface area (Å²) in [7, 11) is 0. The van der Waals surface area contributed by atoms with E-state index in [9.17, 15) is 5.11 Å². The fourth-order valence-corrected chi connectivity index (χ4v) is 2.35. The van der Waals surface area contributed by atoms with Crippen LogP contribution in [-0.2, 0) is 4.74 Å². The summed E-state index contributed by atoms with van der Waals surface area (Å²) in [5.41, 5.74) is 0. The first-order valence-corrected chi connectivity index (χ1v) is 6.13. The van der Waals surface area contributed by atoms with Gasteiger partial charge in [-0.15, -0.1) is 0 Å². The largest absolute Gasteiger partial charge is 0.392 e. The number of ether oxygens (including phenoxy) is 1. The molecule has 0 aliphatic carbocycles. The van der Waals surface area contributed by atoms with Crippen LogP contribution < -0.4 is 0 Å². The summed E-state index contributed by atoms with van der Waals surface area (Å²) < 4.78 is 5.36. The molecule has 3 nitrogen and oxygen atoms in total. The zero-order valence-electron chi connectivity index (χ0n) is 10.3. The Morgan fingerprint density at radius 2 is 2.20 bits per heavy atom. The first-order chi connectivity index (χ1) is 7.13. The van der Waals surface area contributed by atoms with Gasteiger partial charge in [0.2, 0.25) is 0 Å². The van der Waals surface area contributed by atoms with Gasteiger partial charge in [0.25, 0.3) is 0 Å². The average Bonchev–Trinajstić information content (AvgIpc) is 2.46. The molecular weight excluding hydrogens is 190 g/mol. The minimum atomic E-state index is -0.129. The molecule has 15 heavy (non-hydrogen) atoms. The highest BCUT2D eigenvalue weighted by Gasteiger charge is 2.30. The van der Waals surface area contributed by atoms with Gasteiger partial charge in [-0.2, -0.15) is 0 Å². The third kappa shape index (κ3) is 4.49. The van der Waals surface area contributed by atoms with Crippen LogP contribution in [0.25, 0.3) is 0 Å². The van der Waals surface area contributed by atoms with Gasteiger partial charge in [0.05, 0.1) is 12.7 Å². The number of hydrogen-bond donors (Lipinski definition) is 1. The molecule has 90 valence electrons. The quantitative estimate of drug-likeness (QED) is 0.682. The molecule has 0 amide bonds. The lowest BCUT2D eigenvalue weighted by Crippen LogP contribution is -2.33. The van der Waals surface area contributed by atoms with Crippen molar-refractivity contribution in [1.82, 2.24) is 4.90 Å². The third-order valence-corrected chi connectivity index (χ3v) is 2.98. The fourth-order valence-electron chi connectivity index (χ4n) is 2.35. The van der Waals surface area contributed by atoms with Gasteiger partial charge in [0, 0.05) is 25.7 Å². The van der Waals surface area contributed by atoms with E-state index in [4.69, 9.17) is 4.74 Å². The Bertz CT molecular complexity index is 173. The molecule has 0 unspecified atom stereocenters. The van der Waals surface area contributed by atoms with Crippen LogP contribution >= 0.6 is 0 Å². The molecule has 0 spiro atoms. The highest BCUT2D eigenvalue weighted by molar-refractivity contribution is 4.85. The van der Waals surface area contributed by atoms with Crippen molar-refractivity contribution >= 4 is 0 Å². The van der Waals surface area contributed by atoms with Gasteiger partial charge in [0.1, 0.15) is 0 Å². The zero-order valence-corrected chi connectivity index (χ0v) is 10.3. The van der Waals surface area contributed by atoms with E-state index in [-0.39, 0.29) is 6.10 Å². The van der Waals surface area contributed by atoms with Crippen LogP contribution in [0.3, 0.4) is 0 Å². The Hall–Kier alpha value is -0.120. The lowest BCUT2D eigenvalue weighted by molar-refractivity contribution is 0.0996. The van der Waals surface area contributed by atoms with Crippen LogP contribution in [0.2, 0.25) is 0 Å². The lowest BCUT2D eigenvalue weighted by Gasteiger charge is -2.25. The molecule has 1 aliphatic rings. The Balaban J connectivity index is 2.31. The van der Waals surface area contributed by atoms with E-state index in [2.05, 4.69) is 18.7 Å². The van der Waals surface area contributed by atoms with Crippen LogP contribution in [0.4, 0.5) is 0 Å². The maximum Gasteiger partial charge on any atom is 0.0682 e. The van der Waals surface area contributed by atoms with E-state index in [0.29, 0.717) is 12.0 Å². The summed E-state index contributed by atoms with van der Waals surface area (Å²) in [4.78, 5) is 2.38. The second-order valence-electron chi connectivity index (χ2n) is 4.86. The van der Waals surface area contributed by atoms with Crippen LogP contribution in [0, 0.1) is 5.92 Å². The Kier molecular flexibility index (Phi) is 5.58. The topological polar surface area (TPSA) is 32.7 Å². The van der Waals surface area contributed by atoms with Crippen molar-refractivity contribution in [1.29, 1.82) is 0 Å². The second-order valence-corrected chi connectivity index (χ2v) is 4.86. The minimum absolute atomic E-state index is 0.129. The predicted octanol–water partition coefficient (Wildman–Crippen LogP) is 1.50. The van der Waals surface area contributed by atoms with Crippen LogP contribution in [0.1, 0.15) is 33.6 Å². The monoisotopic (exact) mass is 215 g/mol. The van der Waals surface area contributed by atoms with Gasteiger partial charge in [-0.25, -0.2) is 0 Å². The molecule has 1 fully saturated rings. The van der Waals surface area contributed by atoms with E-state index < -0.39 is 0 Å². The molecule has 2 atom stereocenters. The molecule has 1 N–H and O–H groups in total. The molecule has 1 rings (SSSR count). The highest BCUT2D eigenvalue weighted by atomic mass is 16.5. The number of β-amino-alcohol motifs (C(OH)–C–C–N with tert-alkyl or cyclic N) is 1. The summed E-state index contributed by atoms with van der Waals surface area (Å²) in [5.74, 6) is 0.704. The SMILES string of the molecule is CCOCCN1C[C@H](O)C[C@@H]1CC(C)C. The maximum atomic E-state index is 9.66. The number of hydrogen-bond acceptors (Lipinski definition) is 3. The van der Waals surface area contributed by atoms with Crippen molar-refractivity contribution in [3.8, 4) is 0 Å². The molecule has 3 heteroatoms. The van der Waals surface area contributed by atoms with Crippen LogP contribution in [0.15, 0.2) is 0 Å². The standard InChI is InChI=1S/C12H25NO2/c1-4-15-6-5-13-9-12(14)8-11(13)7-10(2)3/h10-12,14H,4-9H2,1-3H3/t11-,12+/m0/s1. The van der Waals surface area contributed by atoms with Gasteiger partial charge in [-0.3, -0.25) is 4.90 Å². The van der Waals surface area contributed by atoms with Crippen molar-refractivity contribution in [3.05, 3.63) is 0 Å². The summed E-state index contributed by atoms with van der Waals surface area (Å²) in [6.45, 7) is 9.86. The second kappa shape index (κ2) is 6.46. The molecule has 0 aromatic rings. The van der Waals surface area contributed by atoms with Crippen molar-refractivity contribution in [3.63, 3.8) is 0 Å². The van der Waals surface area contributed by atoms with Crippen molar-refractivity contribution in [2.24, 2.45) is 5.92 Å². The van der Waals surface area contributed by atoms with Gasteiger partial charge in [-0.1, -0.05) is 13.8 Å². The minimum Gasteiger partial charge on any atom is -0.392 e. The molecule has 1 saturated heterocycles. The average molecular weight is 215 g/mol. The molecule has 0 bridgehead atoms. The molecule has 0 aromatic carbocycles. The number of aliphatic hydroxyl groups excluding tert-OH is 1. The number of nitrogens with zero attached hydrogens (tertiary/aromatic N) is 1. The maximum absolute atomic E-state index is 9.66. The van der Waals surface area contributed by atoms with Gasteiger partial charge in [-0.05, 0) is 25.7 Å². The Morgan fingerprint density at radius 1 is 1.47 bits per heavy atom.